The van der Waals surface area contributed by atoms with Crippen molar-refractivity contribution in [2.75, 3.05) is 30.8 Å². The summed E-state index contributed by atoms with van der Waals surface area (Å²) in [4.78, 5) is 12.2. The number of amides is 2. The van der Waals surface area contributed by atoms with Crippen molar-refractivity contribution in [1.82, 2.24) is 9.69 Å². The van der Waals surface area contributed by atoms with Gasteiger partial charge in [0.2, 0.25) is 0 Å². The Labute approximate surface area is 185 Å². The average molecular weight is 433 g/mol. The van der Waals surface area contributed by atoms with Crippen molar-refractivity contribution in [3.63, 3.8) is 0 Å². The van der Waals surface area contributed by atoms with Gasteiger partial charge in [0.05, 0.1) is 11.8 Å². The largest absolute Gasteiger partial charge is 0.496 e. The number of hydrogen-bond acceptors (Lipinski definition) is 5. The maximum Gasteiger partial charge on any atom is 0.319 e. The molecule has 0 aliphatic carbocycles. The minimum atomic E-state index is -0.218. The number of methoxy groups -OCH3 is 1. The Morgan fingerprint density at radius 1 is 0.968 bits per heavy atom. The lowest BCUT2D eigenvalue weighted by atomic mass is 10.0. The fourth-order valence-electron chi connectivity index (χ4n) is 3.30. The molecule has 0 unspecified atom stereocenters. The van der Waals surface area contributed by atoms with Crippen LogP contribution in [0.3, 0.4) is 0 Å². The van der Waals surface area contributed by atoms with Crippen molar-refractivity contribution in [1.29, 1.82) is 0 Å². The van der Waals surface area contributed by atoms with Crippen molar-refractivity contribution >= 4 is 39.2 Å². The van der Waals surface area contributed by atoms with Crippen LogP contribution in [-0.2, 0) is 0 Å². The fourth-order valence-corrected chi connectivity index (χ4v) is 4.06. The van der Waals surface area contributed by atoms with Crippen molar-refractivity contribution < 1.29 is 9.53 Å². The highest BCUT2D eigenvalue weighted by molar-refractivity contribution is 7.13. The average Bonchev–Trinajstić information content (AvgIpc) is 3.22. The van der Waals surface area contributed by atoms with Gasteiger partial charge in [0.15, 0.2) is 0 Å². The molecule has 3 N–H and O–H groups in total. The molecule has 2 amide bonds. The van der Waals surface area contributed by atoms with Crippen LogP contribution in [-0.4, -0.2) is 30.6 Å². The van der Waals surface area contributed by atoms with Crippen LogP contribution in [0, 0.1) is 0 Å². The zero-order valence-corrected chi connectivity index (χ0v) is 18.0. The predicted octanol–water partition coefficient (Wildman–Crippen LogP) is 5.60. The van der Waals surface area contributed by atoms with E-state index in [1.54, 1.807) is 7.11 Å². The Morgan fingerprint density at radius 3 is 2.58 bits per heavy atom. The normalized spacial score (nSPS) is 10.6. The summed E-state index contributed by atoms with van der Waals surface area (Å²) in [5.41, 5.74) is 2.79. The van der Waals surface area contributed by atoms with E-state index >= 15 is 0 Å². The Hall–Kier alpha value is -3.58. The highest BCUT2D eigenvalue weighted by atomic mass is 32.1. The molecule has 0 radical (unpaired) electrons. The molecule has 31 heavy (non-hydrogen) atoms. The van der Waals surface area contributed by atoms with Crippen molar-refractivity contribution in [2.45, 2.75) is 6.42 Å². The first-order valence-electron chi connectivity index (χ1n) is 10.1. The number of nitrogens with one attached hydrogen (secondary N) is 3. The number of rotatable bonds is 8. The Kier molecular flexibility index (Phi) is 6.64. The summed E-state index contributed by atoms with van der Waals surface area (Å²) in [6.07, 6.45) is 0.798. The topological polar surface area (TPSA) is 75.3 Å². The van der Waals surface area contributed by atoms with Gasteiger partial charge in [-0.3, -0.25) is 0 Å². The third-order valence-electron chi connectivity index (χ3n) is 4.87. The van der Waals surface area contributed by atoms with E-state index in [0.29, 0.717) is 6.54 Å². The van der Waals surface area contributed by atoms with Crippen LogP contribution in [0.4, 0.5) is 16.3 Å². The van der Waals surface area contributed by atoms with Gasteiger partial charge >= 0.3 is 6.03 Å². The Morgan fingerprint density at radius 2 is 1.74 bits per heavy atom. The molecule has 0 saturated carbocycles. The van der Waals surface area contributed by atoms with Crippen molar-refractivity contribution in [2.24, 2.45) is 0 Å². The number of nitrogens with zero attached hydrogens (tertiary/aromatic N) is 1. The van der Waals surface area contributed by atoms with Gasteiger partial charge in [-0.1, -0.05) is 42.5 Å². The first-order valence-corrected chi connectivity index (χ1v) is 10.9. The molecule has 1 heterocycles. The molecule has 6 nitrogen and oxygen atoms in total. The molecule has 0 aliphatic rings. The standard InChI is InChI=1S/C24H24N4O2S/c1-30-21-9-4-2-7-19(21)17-11-13-18(14-12-17)27-24(29)26-16-6-15-25-23-20-8-3-5-10-22(20)31-28-23/h2-5,7-14H,6,15-16H2,1H3,(H,25,28)(H2,26,27,29). The van der Waals surface area contributed by atoms with E-state index in [1.165, 1.54) is 16.2 Å². The van der Waals surface area contributed by atoms with Gasteiger partial charge in [-0.25, -0.2) is 4.79 Å². The lowest BCUT2D eigenvalue weighted by Gasteiger charge is -2.10. The molecule has 0 bridgehead atoms. The quantitative estimate of drug-likeness (QED) is 0.317. The molecule has 7 heteroatoms. The van der Waals surface area contributed by atoms with Gasteiger partial charge in [0.1, 0.15) is 11.6 Å². The first kappa shape index (κ1) is 20.7. The third kappa shape index (κ3) is 5.13. The number of carbonyl (C=O) groups is 1. The Balaban J connectivity index is 1.22. The predicted molar refractivity (Wildman–Crippen MR) is 128 cm³/mol. The number of anilines is 2. The zero-order valence-electron chi connectivity index (χ0n) is 17.2. The Bertz CT molecular complexity index is 1160. The molecule has 0 atom stereocenters. The smallest absolute Gasteiger partial charge is 0.319 e. The van der Waals surface area contributed by atoms with E-state index in [9.17, 15) is 4.79 Å². The van der Waals surface area contributed by atoms with Crippen LogP contribution in [0.1, 0.15) is 6.42 Å². The molecule has 0 aliphatic heterocycles. The van der Waals surface area contributed by atoms with E-state index in [1.807, 2.05) is 60.7 Å². The number of ether oxygens (including phenoxy) is 1. The molecule has 0 fully saturated rings. The number of benzene rings is 3. The number of para-hydroxylation sites is 1. The molecule has 4 rings (SSSR count). The summed E-state index contributed by atoms with van der Waals surface area (Å²) in [5.74, 6) is 1.72. The van der Waals surface area contributed by atoms with Crippen LogP contribution < -0.4 is 20.7 Å². The summed E-state index contributed by atoms with van der Waals surface area (Å²) in [6.45, 7) is 1.31. The van der Waals surface area contributed by atoms with Gasteiger partial charge in [-0.05, 0) is 53.8 Å². The van der Waals surface area contributed by atoms with Crippen molar-refractivity contribution in [3.05, 3.63) is 72.8 Å². The second-order valence-electron chi connectivity index (χ2n) is 6.97. The van der Waals surface area contributed by atoms with E-state index in [2.05, 4.69) is 32.5 Å². The lowest BCUT2D eigenvalue weighted by molar-refractivity contribution is 0.252. The number of urea groups is 1. The first-order chi connectivity index (χ1) is 15.2. The lowest BCUT2D eigenvalue weighted by Crippen LogP contribution is -2.30. The fraction of sp³-hybridized carbons (Fsp3) is 0.167. The minimum absolute atomic E-state index is 0.218. The van der Waals surface area contributed by atoms with Crippen LogP contribution in [0.5, 0.6) is 5.75 Å². The highest BCUT2D eigenvalue weighted by Crippen LogP contribution is 2.30. The SMILES string of the molecule is COc1ccccc1-c1ccc(NC(=O)NCCCNc2nsc3ccccc23)cc1. The summed E-state index contributed by atoms with van der Waals surface area (Å²) in [5, 5.41) is 10.2. The molecular weight excluding hydrogens is 408 g/mol. The van der Waals surface area contributed by atoms with E-state index in [-0.39, 0.29) is 6.03 Å². The molecule has 3 aromatic carbocycles. The van der Waals surface area contributed by atoms with Gasteiger partial charge in [0, 0.05) is 29.7 Å². The van der Waals surface area contributed by atoms with Crippen LogP contribution in [0.15, 0.2) is 72.8 Å². The second kappa shape index (κ2) is 9.95. The number of carbonyl (C=O) groups excluding carboxylic acids is 1. The van der Waals surface area contributed by atoms with Crippen LogP contribution in [0.2, 0.25) is 0 Å². The number of hydrogen-bond donors (Lipinski definition) is 3. The molecule has 0 saturated heterocycles. The summed E-state index contributed by atoms with van der Waals surface area (Å²) >= 11 is 1.49. The second-order valence-corrected chi connectivity index (χ2v) is 7.77. The van der Waals surface area contributed by atoms with E-state index in [4.69, 9.17) is 4.74 Å². The molecule has 4 aromatic rings. The highest BCUT2D eigenvalue weighted by Gasteiger charge is 2.07. The van der Waals surface area contributed by atoms with E-state index < -0.39 is 0 Å². The van der Waals surface area contributed by atoms with Crippen molar-refractivity contribution in [3.8, 4) is 16.9 Å². The maximum atomic E-state index is 12.2. The van der Waals surface area contributed by atoms with E-state index in [0.717, 1.165) is 46.7 Å². The van der Waals surface area contributed by atoms with Gasteiger partial charge in [-0.2, -0.15) is 4.37 Å². The molecule has 0 spiro atoms. The maximum absolute atomic E-state index is 12.2. The van der Waals surface area contributed by atoms with Gasteiger partial charge in [-0.15, -0.1) is 0 Å². The summed E-state index contributed by atoms with van der Waals surface area (Å²) in [6, 6.07) is 23.5. The monoisotopic (exact) mass is 432 g/mol. The minimum Gasteiger partial charge on any atom is -0.496 e. The third-order valence-corrected chi connectivity index (χ3v) is 5.70. The summed E-state index contributed by atoms with van der Waals surface area (Å²) in [7, 11) is 1.66. The zero-order chi connectivity index (χ0) is 21.5. The van der Waals surface area contributed by atoms with Gasteiger partial charge in [0.25, 0.3) is 0 Å². The summed E-state index contributed by atoms with van der Waals surface area (Å²) < 4.78 is 11.0. The van der Waals surface area contributed by atoms with Gasteiger partial charge < -0.3 is 20.7 Å². The van der Waals surface area contributed by atoms with Crippen LogP contribution in [0.25, 0.3) is 21.2 Å². The van der Waals surface area contributed by atoms with Crippen LogP contribution >= 0.6 is 11.5 Å². The number of aromatic nitrogens is 1. The molecule has 1 aromatic heterocycles. The number of fused-ring (bicyclic) bond motifs is 1. The molecular formula is C24H24N4O2S. The molecule has 158 valence electrons.